The van der Waals surface area contributed by atoms with Gasteiger partial charge < -0.3 is 5.11 Å². The van der Waals surface area contributed by atoms with Crippen molar-refractivity contribution in [2.24, 2.45) is 23.7 Å². The largest absolute Gasteiger partial charge is 0.390 e. The van der Waals surface area contributed by atoms with Crippen molar-refractivity contribution >= 4 is 0 Å². The van der Waals surface area contributed by atoms with Gasteiger partial charge in [-0.05, 0) is 50.4 Å². The predicted octanol–water partition coefficient (Wildman–Crippen LogP) is 2.61. The maximum Gasteiger partial charge on any atom is 0.0628 e. The topological polar surface area (TPSA) is 20.2 Å². The van der Waals surface area contributed by atoms with E-state index in [4.69, 9.17) is 0 Å². The molecule has 0 aromatic carbocycles. The van der Waals surface area contributed by atoms with Gasteiger partial charge in [0.2, 0.25) is 0 Å². The van der Waals surface area contributed by atoms with Crippen molar-refractivity contribution in [2.45, 2.75) is 39.2 Å². The summed E-state index contributed by atoms with van der Waals surface area (Å²) in [7, 11) is 0. The van der Waals surface area contributed by atoms with E-state index in [1.54, 1.807) is 0 Å². The molecule has 0 spiro atoms. The fourth-order valence-corrected chi connectivity index (χ4v) is 3.42. The second kappa shape index (κ2) is 2.84. The molecule has 2 bridgehead atoms. The minimum atomic E-state index is -0.506. The van der Waals surface area contributed by atoms with E-state index < -0.39 is 5.60 Å². The van der Waals surface area contributed by atoms with E-state index in [0.29, 0.717) is 17.8 Å². The van der Waals surface area contributed by atoms with Gasteiger partial charge in [-0.3, -0.25) is 0 Å². The zero-order valence-corrected chi connectivity index (χ0v) is 8.83. The minimum Gasteiger partial charge on any atom is -0.390 e. The van der Waals surface area contributed by atoms with Crippen molar-refractivity contribution in [3.8, 4) is 0 Å². The highest BCUT2D eigenvalue weighted by Gasteiger charge is 2.44. The minimum absolute atomic E-state index is 0.469. The van der Waals surface area contributed by atoms with E-state index >= 15 is 0 Å². The lowest BCUT2D eigenvalue weighted by molar-refractivity contribution is -0.0581. The lowest BCUT2D eigenvalue weighted by Gasteiger charge is -2.48. The third kappa shape index (κ3) is 1.43. The van der Waals surface area contributed by atoms with Crippen molar-refractivity contribution in [3.05, 3.63) is 12.2 Å². The maximum absolute atomic E-state index is 10.1. The van der Waals surface area contributed by atoms with E-state index in [2.05, 4.69) is 19.1 Å². The normalized spacial score (nSPS) is 44.0. The van der Waals surface area contributed by atoms with Crippen molar-refractivity contribution < 1.29 is 5.11 Å². The van der Waals surface area contributed by atoms with E-state index in [1.807, 2.05) is 13.8 Å². The van der Waals surface area contributed by atoms with E-state index in [1.165, 1.54) is 12.8 Å². The van der Waals surface area contributed by atoms with Crippen LogP contribution in [0.3, 0.4) is 0 Å². The summed E-state index contributed by atoms with van der Waals surface area (Å²) in [6, 6.07) is 0. The molecule has 0 aromatic heterocycles. The highest BCUT2D eigenvalue weighted by molar-refractivity contribution is 5.11. The van der Waals surface area contributed by atoms with Crippen LogP contribution in [-0.4, -0.2) is 10.7 Å². The van der Waals surface area contributed by atoms with Gasteiger partial charge in [0.15, 0.2) is 0 Å². The Morgan fingerprint density at radius 3 is 2.00 bits per heavy atom. The molecular weight excluding hydrogens is 160 g/mol. The van der Waals surface area contributed by atoms with Gasteiger partial charge in [-0.25, -0.2) is 0 Å². The van der Waals surface area contributed by atoms with Crippen LogP contribution in [0, 0.1) is 23.7 Å². The van der Waals surface area contributed by atoms with Crippen molar-refractivity contribution in [1.29, 1.82) is 0 Å². The standard InChI is InChI=1S/C12H20O/c1-8-9-4-6-10(7-5-9)11(8)12(2,3)13/h4,6,8-11,13H,5,7H2,1-3H3. The Morgan fingerprint density at radius 2 is 1.69 bits per heavy atom. The Morgan fingerprint density at radius 1 is 1.15 bits per heavy atom. The molecule has 0 aromatic rings. The fourth-order valence-electron chi connectivity index (χ4n) is 3.42. The monoisotopic (exact) mass is 180 g/mol. The lowest BCUT2D eigenvalue weighted by Crippen LogP contribution is -2.47. The Kier molecular flexibility index (Phi) is 2.03. The smallest absolute Gasteiger partial charge is 0.0628 e. The second-order valence-electron chi connectivity index (χ2n) is 5.33. The second-order valence-corrected chi connectivity index (χ2v) is 5.33. The van der Waals surface area contributed by atoms with E-state index in [-0.39, 0.29) is 0 Å². The number of fused-ring (bicyclic) bond motifs is 2. The average Bonchev–Trinajstić information content (AvgIpc) is 2.03. The van der Waals surface area contributed by atoms with Gasteiger partial charge in [0.1, 0.15) is 0 Å². The lowest BCUT2D eigenvalue weighted by atomic mass is 9.58. The first-order chi connectivity index (χ1) is 6.00. The van der Waals surface area contributed by atoms with E-state index in [9.17, 15) is 5.11 Å². The molecule has 3 aliphatic carbocycles. The third-order valence-electron chi connectivity index (χ3n) is 3.96. The molecule has 74 valence electrons. The quantitative estimate of drug-likeness (QED) is 0.615. The SMILES string of the molecule is CC1C2C=CC(CC2)C1C(C)(C)O. The molecular formula is C12H20O. The zero-order valence-electron chi connectivity index (χ0n) is 8.83. The molecule has 4 unspecified atom stereocenters. The summed E-state index contributed by atoms with van der Waals surface area (Å²) in [6.07, 6.45) is 7.30. The molecule has 4 atom stereocenters. The molecule has 1 heteroatoms. The molecule has 3 aliphatic rings. The number of aliphatic hydroxyl groups is 1. The van der Waals surface area contributed by atoms with Crippen LogP contribution in [0.4, 0.5) is 0 Å². The van der Waals surface area contributed by atoms with Crippen molar-refractivity contribution in [1.82, 2.24) is 0 Å². The van der Waals surface area contributed by atoms with Gasteiger partial charge in [-0.1, -0.05) is 19.1 Å². The Labute approximate surface area is 80.8 Å². The fraction of sp³-hybridized carbons (Fsp3) is 0.833. The summed E-state index contributed by atoms with van der Waals surface area (Å²) in [6.45, 7) is 6.22. The summed E-state index contributed by atoms with van der Waals surface area (Å²) in [5.41, 5.74) is -0.506. The van der Waals surface area contributed by atoms with Crippen LogP contribution < -0.4 is 0 Å². The molecule has 0 heterocycles. The molecule has 0 amide bonds. The first kappa shape index (κ1) is 9.26. The Hall–Kier alpha value is -0.300. The molecule has 3 rings (SSSR count). The van der Waals surface area contributed by atoms with E-state index in [0.717, 1.165) is 5.92 Å². The highest BCUT2D eigenvalue weighted by atomic mass is 16.3. The molecule has 13 heavy (non-hydrogen) atoms. The predicted molar refractivity (Wildman–Crippen MR) is 54.3 cm³/mol. The van der Waals surface area contributed by atoms with Crippen LogP contribution >= 0.6 is 0 Å². The van der Waals surface area contributed by atoms with Crippen LogP contribution in [0.15, 0.2) is 12.2 Å². The van der Waals surface area contributed by atoms with Gasteiger partial charge in [0, 0.05) is 0 Å². The number of hydrogen-bond donors (Lipinski definition) is 1. The molecule has 1 N–H and O–H groups in total. The van der Waals surface area contributed by atoms with Crippen LogP contribution in [-0.2, 0) is 0 Å². The molecule has 1 fully saturated rings. The molecule has 0 aliphatic heterocycles. The highest BCUT2D eigenvalue weighted by Crippen LogP contribution is 2.48. The summed E-state index contributed by atoms with van der Waals surface area (Å²) in [4.78, 5) is 0. The maximum atomic E-state index is 10.1. The van der Waals surface area contributed by atoms with Gasteiger partial charge >= 0.3 is 0 Å². The molecule has 0 radical (unpaired) electrons. The van der Waals surface area contributed by atoms with Crippen LogP contribution in [0.25, 0.3) is 0 Å². The molecule has 1 saturated carbocycles. The van der Waals surface area contributed by atoms with Crippen LogP contribution in [0.2, 0.25) is 0 Å². The third-order valence-corrected chi connectivity index (χ3v) is 3.96. The Bertz CT molecular complexity index is 224. The van der Waals surface area contributed by atoms with Gasteiger partial charge in [-0.15, -0.1) is 0 Å². The van der Waals surface area contributed by atoms with Gasteiger partial charge in [0.05, 0.1) is 5.60 Å². The van der Waals surface area contributed by atoms with Crippen molar-refractivity contribution in [2.75, 3.05) is 0 Å². The number of hydrogen-bond acceptors (Lipinski definition) is 1. The van der Waals surface area contributed by atoms with Gasteiger partial charge in [-0.2, -0.15) is 0 Å². The number of allylic oxidation sites excluding steroid dienone is 2. The Balaban J connectivity index is 2.26. The van der Waals surface area contributed by atoms with Crippen LogP contribution in [0.1, 0.15) is 33.6 Å². The summed E-state index contributed by atoms with van der Waals surface area (Å²) in [5, 5.41) is 10.1. The first-order valence-electron chi connectivity index (χ1n) is 5.41. The average molecular weight is 180 g/mol. The van der Waals surface area contributed by atoms with Crippen molar-refractivity contribution in [3.63, 3.8) is 0 Å². The number of rotatable bonds is 1. The molecule has 1 nitrogen and oxygen atoms in total. The first-order valence-corrected chi connectivity index (χ1v) is 5.41. The van der Waals surface area contributed by atoms with Gasteiger partial charge in [0.25, 0.3) is 0 Å². The zero-order chi connectivity index (χ0) is 9.64. The summed E-state index contributed by atoms with van der Waals surface area (Å²) < 4.78 is 0. The molecule has 0 saturated heterocycles. The summed E-state index contributed by atoms with van der Waals surface area (Å²) in [5.74, 6) is 2.47. The summed E-state index contributed by atoms with van der Waals surface area (Å²) >= 11 is 0. The van der Waals surface area contributed by atoms with Crippen LogP contribution in [0.5, 0.6) is 0 Å².